The van der Waals surface area contributed by atoms with Crippen LogP contribution < -0.4 is 10.6 Å². The Morgan fingerprint density at radius 1 is 1.40 bits per heavy atom. The van der Waals surface area contributed by atoms with E-state index in [9.17, 15) is 9.59 Å². The van der Waals surface area contributed by atoms with Crippen LogP contribution in [0.2, 0.25) is 0 Å². The molecule has 0 fully saturated rings. The maximum Gasteiger partial charge on any atom is 0.322 e. The Balaban J connectivity index is 2.63. The summed E-state index contributed by atoms with van der Waals surface area (Å²) in [6.07, 6.45) is 5.89. The molecular weight excluding hydrogens is 276 g/mol. The molecule has 5 heteroatoms. The Labute approximate surface area is 123 Å². The summed E-state index contributed by atoms with van der Waals surface area (Å²) in [7, 11) is 0. The third-order valence-electron chi connectivity index (χ3n) is 2.97. The molecule has 0 aliphatic carbocycles. The second-order valence-electron chi connectivity index (χ2n) is 4.55. The van der Waals surface area contributed by atoms with E-state index in [0.717, 1.165) is 0 Å². The molecular formula is C15H17ClN2O2. The highest BCUT2D eigenvalue weighted by molar-refractivity contribution is 6.31. The van der Waals surface area contributed by atoms with Crippen LogP contribution in [-0.2, 0) is 4.79 Å². The second-order valence-corrected chi connectivity index (χ2v) is 4.98. The van der Waals surface area contributed by atoms with E-state index >= 15 is 0 Å². The summed E-state index contributed by atoms with van der Waals surface area (Å²) >= 11 is 6.01. The lowest BCUT2D eigenvalue weighted by atomic mass is 10.0. The zero-order valence-electron chi connectivity index (χ0n) is 11.4. The molecule has 3 amide bonds. The molecule has 20 heavy (non-hydrogen) atoms. The summed E-state index contributed by atoms with van der Waals surface area (Å²) in [5.41, 5.74) is -0.173. The van der Waals surface area contributed by atoms with Crippen molar-refractivity contribution in [1.82, 2.24) is 10.6 Å². The number of rotatable bonds is 4. The maximum atomic E-state index is 11.9. The van der Waals surface area contributed by atoms with E-state index in [4.69, 9.17) is 18.0 Å². The van der Waals surface area contributed by atoms with Crippen molar-refractivity contribution in [3.05, 3.63) is 35.9 Å². The van der Waals surface area contributed by atoms with E-state index in [1.165, 1.54) is 0 Å². The SMILES string of the molecule is C#C[C@@](C)(CC)NC(=O)NC(=O)[C@@H](Cl)c1ccccc1. The maximum absolute atomic E-state index is 11.9. The van der Waals surface area contributed by atoms with Crippen LogP contribution in [0.15, 0.2) is 30.3 Å². The van der Waals surface area contributed by atoms with Crippen LogP contribution in [-0.4, -0.2) is 17.5 Å². The van der Waals surface area contributed by atoms with Crippen molar-refractivity contribution < 1.29 is 9.59 Å². The van der Waals surface area contributed by atoms with E-state index in [1.54, 1.807) is 31.2 Å². The van der Waals surface area contributed by atoms with E-state index < -0.39 is 22.9 Å². The average molecular weight is 293 g/mol. The summed E-state index contributed by atoms with van der Waals surface area (Å²) in [5.74, 6) is 1.89. The van der Waals surface area contributed by atoms with Gasteiger partial charge in [0, 0.05) is 0 Å². The highest BCUT2D eigenvalue weighted by atomic mass is 35.5. The third-order valence-corrected chi connectivity index (χ3v) is 3.42. The molecule has 0 bridgehead atoms. The molecule has 0 radical (unpaired) electrons. The number of terminal acetylenes is 1. The van der Waals surface area contributed by atoms with Gasteiger partial charge < -0.3 is 5.32 Å². The Morgan fingerprint density at radius 2 is 2.00 bits per heavy atom. The zero-order valence-corrected chi connectivity index (χ0v) is 12.2. The van der Waals surface area contributed by atoms with E-state index in [1.807, 2.05) is 13.0 Å². The molecule has 0 aromatic heterocycles. The topological polar surface area (TPSA) is 58.2 Å². The number of amides is 3. The van der Waals surface area contributed by atoms with Gasteiger partial charge in [0.05, 0.1) is 5.54 Å². The Morgan fingerprint density at radius 3 is 2.50 bits per heavy atom. The van der Waals surface area contributed by atoms with Gasteiger partial charge in [0.1, 0.15) is 5.38 Å². The number of benzene rings is 1. The lowest BCUT2D eigenvalue weighted by molar-refractivity contribution is -0.119. The van der Waals surface area contributed by atoms with Crippen LogP contribution in [0.25, 0.3) is 0 Å². The summed E-state index contributed by atoms with van der Waals surface area (Å²) < 4.78 is 0. The lowest BCUT2D eigenvalue weighted by Gasteiger charge is -2.23. The van der Waals surface area contributed by atoms with Crippen molar-refractivity contribution in [2.45, 2.75) is 31.2 Å². The predicted molar refractivity (Wildman–Crippen MR) is 79.2 cm³/mol. The first-order valence-electron chi connectivity index (χ1n) is 6.21. The molecule has 0 aliphatic rings. The molecule has 1 aromatic carbocycles. The van der Waals surface area contributed by atoms with Crippen LogP contribution in [0.5, 0.6) is 0 Å². The molecule has 0 saturated carbocycles. The number of nitrogens with one attached hydrogen (secondary N) is 2. The molecule has 2 N–H and O–H groups in total. The van der Waals surface area contributed by atoms with Gasteiger partial charge in [-0.25, -0.2) is 4.79 Å². The number of hydrogen-bond acceptors (Lipinski definition) is 2. The first-order chi connectivity index (χ1) is 9.41. The van der Waals surface area contributed by atoms with Crippen LogP contribution >= 0.6 is 11.6 Å². The summed E-state index contributed by atoms with van der Waals surface area (Å²) in [4.78, 5) is 23.6. The van der Waals surface area contributed by atoms with Gasteiger partial charge in [-0.15, -0.1) is 18.0 Å². The molecule has 2 atom stereocenters. The van der Waals surface area contributed by atoms with Gasteiger partial charge in [0.25, 0.3) is 5.91 Å². The number of carbonyl (C=O) groups excluding carboxylic acids is 2. The quantitative estimate of drug-likeness (QED) is 0.662. The molecule has 0 saturated heterocycles. The van der Waals surface area contributed by atoms with Crippen LogP contribution in [0.3, 0.4) is 0 Å². The Hall–Kier alpha value is -1.99. The molecule has 0 spiro atoms. The molecule has 4 nitrogen and oxygen atoms in total. The largest absolute Gasteiger partial charge is 0.322 e. The van der Waals surface area contributed by atoms with Gasteiger partial charge in [-0.05, 0) is 18.9 Å². The molecule has 0 aliphatic heterocycles. The number of carbonyl (C=O) groups is 2. The van der Waals surface area contributed by atoms with Crippen molar-refractivity contribution in [2.24, 2.45) is 0 Å². The Bertz CT molecular complexity index is 524. The lowest BCUT2D eigenvalue weighted by Crippen LogP contribution is -2.51. The standard InChI is InChI=1S/C15H17ClN2O2/c1-4-15(3,5-2)18-14(20)17-13(19)12(16)11-9-7-6-8-10-11/h1,6-10,12H,5H2,2-3H3,(H2,17,18,19,20)/t12-,15-/m0/s1. The summed E-state index contributed by atoms with van der Waals surface area (Å²) in [6, 6.07) is 8.13. The molecule has 0 heterocycles. The van der Waals surface area contributed by atoms with Crippen molar-refractivity contribution in [2.75, 3.05) is 0 Å². The first kappa shape index (κ1) is 16.1. The van der Waals surface area contributed by atoms with Crippen LogP contribution in [0.1, 0.15) is 31.2 Å². The van der Waals surface area contributed by atoms with Crippen LogP contribution in [0.4, 0.5) is 4.79 Å². The third kappa shape index (κ3) is 4.29. The number of hydrogen-bond donors (Lipinski definition) is 2. The van der Waals surface area contributed by atoms with E-state index in [-0.39, 0.29) is 0 Å². The summed E-state index contributed by atoms with van der Waals surface area (Å²) in [6.45, 7) is 3.54. The van der Waals surface area contributed by atoms with Gasteiger partial charge >= 0.3 is 6.03 Å². The minimum absolute atomic E-state index is 0.550. The zero-order chi connectivity index (χ0) is 15.2. The monoisotopic (exact) mass is 292 g/mol. The van der Waals surface area contributed by atoms with Gasteiger partial charge in [-0.1, -0.05) is 43.2 Å². The van der Waals surface area contributed by atoms with Gasteiger partial charge in [0.2, 0.25) is 0 Å². The fourth-order valence-electron chi connectivity index (χ4n) is 1.46. The minimum atomic E-state index is -0.930. The van der Waals surface area contributed by atoms with E-state index in [0.29, 0.717) is 12.0 Å². The molecule has 0 unspecified atom stereocenters. The minimum Gasteiger partial charge on any atom is -0.322 e. The van der Waals surface area contributed by atoms with Crippen molar-refractivity contribution in [3.8, 4) is 12.3 Å². The second kappa shape index (κ2) is 6.97. The number of halogens is 1. The normalized spacial score (nSPS) is 14.5. The molecule has 1 aromatic rings. The van der Waals surface area contributed by atoms with Crippen molar-refractivity contribution >= 4 is 23.5 Å². The smallest absolute Gasteiger partial charge is 0.322 e. The fraction of sp³-hybridized carbons (Fsp3) is 0.333. The average Bonchev–Trinajstić information content (AvgIpc) is 2.46. The van der Waals surface area contributed by atoms with Crippen molar-refractivity contribution in [3.63, 3.8) is 0 Å². The number of imide groups is 1. The van der Waals surface area contributed by atoms with Gasteiger partial charge in [-0.2, -0.15) is 0 Å². The van der Waals surface area contributed by atoms with Crippen molar-refractivity contribution in [1.29, 1.82) is 0 Å². The highest BCUT2D eigenvalue weighted by Gasteiger charge is 2.24. The predicted octanol–water partition coefficient (Wildman–Crippen LogP) is 2.59. The van der Waals surface area contributed by atoms with E-state index in [2.05, 4.69) is 16.6 Å². The summed E-state index contributed by atoms with van der Waals surface area (Å²) in [5, 5.41) is 3.82. The fourth-order valence-corrected chi connectivity index (χ4v) is 1.66. The number of urea groups is 1. The van der Waals surface area contributed by atoms with Gasteiger partial charge in [0.15, 0.2) is 0 Å². The highest BCUT2D eigenvalue weighted by Crippen LogP contribution is 2.19. The van der Waals surface area contributed by atoms with Crippen LogP contribution in [0, 0.1) is 12.3 Å². The first-order valence-corrected chi connectivity index (χ1v) is 6.65. The van der Waals surface area contributed by atoms with Gasteiger partial charge in [-0.3, -0.25) is 10.1 Å². The molecule has 1 rings (SSSR count). The Kier molecular flexibility index (Phi) is 5.60. The number of alkyl halides is 1. The molecule has 106 valence electrons.